The summed E-state index contributed by atoms with van der Waals surface area (Å²) in [5.41, 5.74) is 2.36. The summed E-state index contributed by atoms with van der Waals surface area (Å²) >= 11 is 0. The van der Waals surface area contributed by atoms with Gasteiger partial charge in [0.25, 0.3) is 5.69 Å². The molecule has 158 valence electrons. The summed E-state index contributed by atoms with van der Waals surface area (Å²) in [6.07, 6.45) is 8.13. The molecular weight excluding hydrogens is 364 g/mol. The number of hydrogen-bond acceptors (Lipinski definition) is 5. The minimum atomic E-state index is -0.231. The molecule has 3 aliphatic carbocycles. The number of fused-ring (bicyclic) bond motifs is 1. The second kappa shape index (κ2) is 7.15. The average Bonchev–Trinajstić information content (AvgIpc) is 3.28. The van der Waals surface area contributed by atoms with Crippen LogP contribution in [0, 0.1) is 33.3 Å². The number of nitro benzene ring substituents is 1. The van der Waals surface area contributed by atoms with Crippen molar-refractivity contribution in [2.75, 3.05) is 43.4 Å². The van der Waals surface area contributed by atoms with Gasteiger partial charge >= 0.3 is 0 Å². The van der Waals surface area contributed by atoms with Crippen LogP contribution in [0.2, 0.25) is 0 Å². The van der Waals surface area contributed by atoms with Crippen LogP contribution >= 0.6 is 0 Å². The number of anilines is 2. The van der Waals surface area contributed by atoms with Crippen LogP contribution in [0.3, 0.4) is 0 Å². The lowest BCUT2D eigenvalue weighted by molar-refractivity contribution is -0.384. The molecule has 1 aliphatic heterocycles. The molecule has 0 spiro atoms. The zero-order chi connectivity index (χ0) is 20.2. The second-order valence-corrected chi connectivity index (χ2v) is 10.1. The lowest BCUT2D eigenvalue weighted by atomic mass is 9.58. The van der Waals surface area contributed by atoms with Crippen molar-refractivity contribution in [2.24, 2.45) is 23.2 Å². The lowest BCUT2D eigenvalue weighted by Crippen LogP contribution is -2.47. The van der Waals surface area contributed by atoms with E-state index in [2.05, 4.69) is 29.1 Å². The van der Waals surface area contributed by atoms with Crippen molar-refractivity contribution < 1.29 is 4.92 Å². The highest BCUT2D eigenvalue weighted by Crippen LogP contribution is 2.66. The maximum Gasteiger partial charge on any atom is 0.292 e. The van der Waals surface area contributed by atoms with Gasteiger partial charge in [-0.25, -0.2) is 0 Å². The van der Waals surface area contributed by atoms with Gasteiger partial charge < -0.3 is 15.1 Å². The van der Waals surface area contributed by atoms with Crippen LogP contribution in [0.15, 0.2) is 18.2 Å². The average molecular weight is 399 g/mol. The SMILES string of the molecule is CC(Nc1cc(N2CCN(C)CC2)ccc1[N+](=O)[O-])C12CCCC3CC(CC31)C2. The van der Waals surface area contributed by atoms with E-state index >= 15 is 0 Å². The van der Waals surface area contributed by atoms with Crippen LogP contribution in [0.1, 0.15) is 45.4 Å². The molecule has 5 atom stereocenters. The monoisotopic (exact) mass is 398 g/mol. The van der Waals surface area contributed by atoms with E-state index in [0.717, 1.165) is 49.6 Å². The Morgan fingerprint density at radius 1 is 1.24 bits per heavy atom. The van der Waals surface area contributed by atoms with E-state index in [0.29, 0.717) is 11.1 Å². The van der Waals surface area contributed by atoms with E-state index in [9.17, 15) is 10.1 Å². The van der Waals surface area contributed by atoms with Crippen molar-refractivity contribution in [3.05, 3.63) is 28.3 Å². The molecule has 6 nitrogen and oxygen atoms in total. The van der Waals surface area contributed by atoms with Crippen LogP contribution in [0.4, 0.5) is 17.1 Å². The van der Waals surface area contributed by atoms with Gasteiger partial charge in [0, 0.05) is 44.0 Å². The highest BCUT2D eigenvalue weighted by molar-refractivity contribution is 5.69. The van der Waals surface area contributed by atoms with Gasteiger partial charge in [-0.05, 0) is 75.0 Å². The van der Waals surface area contributed by atoms with Gasteiger partial charge in [0.05, 0.1) is 4.92 Å². The Bertz CT molecular complexity index is 791. The highest BCUT2D eigenvalue weighted by atomic mass is 16.6. The van der Waals surface area contributed by atoms with Gasteiger partial charge in [-0.1, -0.05) is 12.8 Å². The molecule has 1 aromatic carbocycles. The van der Waals surface area contributed by atoms with Gasteiger partial charge in [0.2, 0.25) is 0 Å². The Morgan fingerprint density at radius 2 is 2.03 bits per heavy atom. The third-order valence-corrected chi connectivity index (χ3v) is 8.70. The quantitative estimate of drug-likeness (QED) is 0.590. The maximum atomic E-state index is 11.7. The predicted octanol–water partition coefficient (Wildman–Crippen LogP) is 4.36. The van der Waals surface area contributed by atoms with Crippen LogP contribution in [-0.2, 0) is 0 Å². The first-order valence-corrected chi connectivity index (χ1v) is 11.4. The molecule has 1 heterocycles. The zero-order valence-electron chi connectivity index (χ0n) is 17.8. The molecule has 1 N–H and O–H groups in total. The number of hydrogen-bond donors (Lipinski definition) is 1. The van der Waals surface area contributed by atoms with Gasteiger partial charge in [0.15, 0.2) is 0 Å². The Labute approximate surface area is 173 Å². The van der Waals surface area contributed by atoms with Crippen LogP contribution in [0.5, 0.6) is 0 Å². The topological polar surface area (TPSA) is 61.6 Å². The summed E-state index contributed by atoms with van der Waals surface area (Å²) in [5, 5.41) is 15.4. The van der Waals surface area contributed by atoms with Crippen molar-refractivity contribution in [1.29, 1.82) is 0 Å². The van der Waals surface area contributed by atoms with Crippen molar-refractivity contribution in [1.82, 2.24) is 4.90 Å². The molecule has 5 unspecified atom stereocenters. The fourth-order valence-electron chi connectivity index (χ4n) is 7.25. The third-order valence-electron chi connectivity index (χ3n) is 8.70. The van der Waals surface area contributed by atoms with E-state index in [4.69, 9.17) is 0 Å². The first-order valence-electron chi connectivity index (χ1n) is 11.4. The number of benzene rings is 1. The lowest BCUT2D eigenvalue weighted by Gasteiger charge is -2.50. The predicted molar refractivity (Wildman–Crippen MR) is 116 cm³/mol. The van der Waals surface area contributed by atoms with Crippen LogP contribution in [0.25, 0.3) is 0 Å². The fraction of sp³-hybridized carbons (Fsp3) is 0.739. The molecule has 6 heteroatoms. The molecule has 2 bridgehead atoms. The molecule has 4 aliphatic rings. The van der Waals surface area contributed by atoms with Gasteiger partial charge in [0.1, 0.15) is 5.69 Å². The minimum absolute atomic E-state index is 0.210. The first kappa shape index (κ1) is 19.2. The first-order chi connectivity index (χ1) is 14.0. The number of likely N-dealkylation sites (N-methyl/N-ethyl adjacent to an activating group) is 1. The molecule has 0 amide bonds. The maximum absolute atomic E-state index is 11.7. The number of nitro groups is 1. The van der Waals surface area contributed by atoms with E-state index < -0.39 is 0 Å². The third kappa shape index (κ3) is 3.20. The number of nitrogens with zero attached hydrogens (tertiary/aromatic N) is 3. The van der Waals surface area contributed by atoms with E-state index in [1.54, 1.807) is 6.07 Å². The standard InChI is InChI=1S/C23H34N4O2/c1-16(23-7-3-4-18-12-17(15-23)13-20(18)23)24-21-14-19(5-6-22(21)27(28)29)26-10-8-25(2)9-11-26/h5-6,14,16-18,20,24H,3-4,7-13,15H2,1-2H3. The van der Waals surface area contributed by atoms with Crippen LogP contribution < -0.4 is 10.2 Å². The summed E-state index contributed by atoms with van der Waals surface area (Å²) in [6, 6.07) is 5.93. The van der Waals surface area contributed by atoms with E-state index in [1.165, 1.54) is 38.5 Å². The second-order valence-electron chi connectivity index (χ2n) is 10.1. The molecule has 3 saturated carbocycles. The Kier molecular flexibility index (Phi) is 4.72. The van der Waals surface area contributed by atoms with Gasteiger partial charge in [-0.15, -0.1) is 0 Å². The number of nitrogens with one attached hydrogen (secondary N) is 1. The van der Waals surface area contributed by atoms with Crippen molar-refractivity contribution in [3.63, 3.8) is 0 Å². The normalized spacial score (nSPS) is 35.0. The summed E-state index contributed by atoms with van der Waals surface area (Å²) in [4.78, 5) is 16.2. The minimum Gasteiger partial charge on any atom is -0.376 e. The number of piperazine rings is 1. The largest absolute Gasteiger partial charge is 0.376 e. The van der Waals surface area contributed by atoms with Crippen molar-refractivity contribution in [3.8, 4) is 0 Å². The van der Waals surface area contributed by atoms with Crippen molar-refractivity contribution >= 4 is 17.1 Å². The molecule has 5 rings (SSSR count). The van der Waals surface area contributed by atoms with E-state index in [-0.39, 0.29) is 16.7 Å². The summed E-state index contributed by atoms with van der Waals surface area (Å²) < 4.78 is 0. The molecule has 1 saturated heterocycles. The molecule has 29 heavy (non-hydrogen) atoms. The number of rotatable bonds is 5. The summed E-state index contributed by atoms with van der Waals surface area (Å²) in [6.45, 7) is 6.29. The van der Waals surface area contributed by atoms with Crippen molar-refractivity contribution in [2.45, 2.75) is 51.5 Å². The molecular formula is C23H34N4O2. The Hall–Kier alpha value is -1.82. The summed E-state index contributed by atoms with van der Waals surface area (Å²) in [7, 11) is 2.15. The zero-order valence-corrected chi connectivity index (χ0v) is 17.8. The van der Waals surface area contributed by atoms with Gasteiger partial charge in [-0.3, -0.25) is 10.1 Å². The van der Waals surface area contributed by atoms with Crippen LogP contribution in [-0.4, -0.2) is 49.1 Å². The summed E-state index contributed by atoms with van der Waals surface area (Å²) in [5.74, 6) is 2.61. The molecule has 4 fully saturated rings. The smallest absolute Gasteiger partial charge is 0.292 e. The molecule has 1 aromatic rings. The van der Waals surface area contributed by atoms with Gasteiger partial charge in [-0.2, -0.15) is 0 Å². The van der Waals surface area contributed by atoms with E-state index in [1.807, 2.05) is 12.1 Å². The fourth-order valence-corrected chi connectivity index (χ4v) is 7.25. The Morgan fingerprint density at radius 3 is 2.76 bits per heavy atom. The molecule has 0 radical (unpaired) electrons. The Balaban J connectivity index is 1.41. The highest BCUT2D eigenvalue weighted by Gasteiger charge is 2.59. The molecule has 0 aromatic heterocycles.